The van der Waals surface area contributed by atoms with E-state index in [1.54, 1.807) is 0 Å². The fourth-order valence-electron chi connectivity index (χ4n) is 2.36. The van der Waals surface area contributed by atoms with Crippen LogP contribution in [-0.2, 0) is 6.42 Å². The SMILES string of the molecule is NC(N)=[NH+]C[C@H](O)CN1CCCc2ccccc21. The van der Waals surface area contributed by atoms with Crippen LogP contribution in [-0.4, -0.2) is 36.8 Å². The zero-order valence-corrected chi connectivity index (χ0v) is 10.5. The molecule has 1 atom stereocenters. The van der Waals surface area contributed by atoms with Crippen LogP contribution in [0.5, 0.6) is 0 Å². The number of aliphatic hydroxyl groups excluding tert-OH is 1. The quantitative estimate of drug-likeness (QED) is 0.373. The van der Waals surface area contributed by atoms with Crippen molar-refractivity contribution in [2.75, 3.05) is 24.5 Å². The standard InChI is InChI=1S/C13H20N4O/c14-13(15)16-8-11(18)9-17-7-3-5-10-4-1-2-6-12(10)17/h1-2,4,6,11,18H,3,5,7-9H2,(H4,14,15,16)/p+1/t11-/m0/s1. The zero-order chi connectivity index (χ0) is 13.0. The van der Waals surface area contributed by atoms with Crippen LogP contribution in [0.2, 0.25) is 0 Å². The molecule has 5 heteroatoms. The van der Waals surface area contributed by atoms with Gasteiger partial charge in [0, 0.05) is 18.8 Å². The Morgan fingerprint density at radius 1 is 1.39 bits per heavy atom. The molecule has 0 bridgehead atoms. The van der Waals surface area contributed by atoms with Gasteiger partial charge in [-0.25, -0.2) is 0 Å². The van der Waals surface area contributed by atoms with Crippen molar-refractivity contribution in [1.29, 1.82) is 0 Å². The largest absolute Gasteiger partial charge is 0.388 e. The van der Waals surface area contributed by atoms with Crippen LogP contribution in [0.1, 0.15) is 12.0 Å². The van der Waals surface area contributed by atoms with Gasteiger partial charge < -0.3 is 10.0 Å². The van der Waals surface area contributed by atoms with Gasteiger partial charge in [-0.05, 0) is 24.5 Å². The summed E-state index contributed by atoms with van der Waals surface area (Å²) < 4.78 is 0. The smallest absolute Gasteiger partial charge is 0.338 e. The third-order valence-electron chi connectivity index (χ3n) is 3.18. The Kier molecular flexibility index (Phi) is 4.04. The van der Waals surface area contributed by atoms with Gasteiger partial charge in [-0.3, -0.25) is 16.5 Å². The number of nitrogens with two attached hydrogens (primary N) is 2. The van der Waals surface area contributed by atoms with E-state index in [9.17, 15) is 5.11 Å². The second-order valence-corrected chi connectivity index (χ2v) is 4.67. The van der Waals surface area contributed by atoms with Crippen LogP contribution >= 0.6 is 0 Å². The van der Waals surface area contributed by atoms with Crippen LogP contribution in [0.4, 0.5) is 5.69 Å². The molecule has 1 aliphatic heterocycles. The molecule has 1 aromatic carbocycles. The molecule has 98 valence electrons. The van der Waals surface area contributed by atoms with Gasteiger partial charge in [0.1, 0.15) is 6.10 Å². The maximum atomic E-state index is 9.95. The number of β-amino-alcohol motifs (C(OH)–C–C–N with tert-alkyl or cyclic N) is 1. The van der Waals surface area contributed by atoms with Crippen molar-refractivity contribution in [3.05, 3.63) is 29.8 Å². The molecule has 0 radical (unpaired) electrons. The molecule has 6 N–H and O–H groups in total. The van der Waals surface area contributed by atoms with Crippen molar-refractivity contribution in [1.82, 2.24) is 0 Å². The average Bonchev–Trinajstić information content (AvgIpc) is 2.37. The second-order valence-electron chi connectivity index (χ2n) is 4.67. The maximum Gasteiger partial charge on any atom is 0.338 e. The molecule has 1 aliphatic rings. The van der Waals surface area contributed by atoms with Crippen LogP contribution in [0.15, 0.2) is 24.3 Å². The Morgan fingerprint density at radius 3 is 2.94 bits per heavy atom. The lowest BCUT2D eigenvalue weighted by atomic mass is 10.0. The highest BCUT2D eigenvalue weighted by Crippen LogP contribution is 2.26. The summed E-state index contributed by atoms with van der Waals surface area (Å²) in [5.74, 6) is 0.146. The summed E-state index contributed by atoms with van der Waals surface area (Å²) in [6.07, 6.45) is 1.76. The Labute approximate surface area is 107 Å². The number of nitrogens with one attached hydrogen (secondary N) is 1. The van der Waals surface area contributed by atoms with Crippen molar-refractivity contribution in [2.24, 2.45) is 11.5 Å². The molecule has 1 heterocycles. The highest BCUT2D eigenvalue weighted by Gasteiger charge is 2.18. The number of anilines is 1. The van der Waals surface area contributed by atoms with E-state index in [0.29, 0.717) is 13.1 Å². The van der Waals surface area contributed by atoms with Crippen molar-refractivity contribution in [3.63, 3.8) is 0 Å². The van der Waals surface area contributed by atoms with E-state index >= 15 is 0 Å². The van der Waals surface area contributed by atoms with Crippen molar-refractivity contribution < 1.29 is 10.1 Å². The second kappa shape index (κ2) is 5.73. The first-order valence-corrected chi connectivity index (χ1v) is 6.29. The van der Waals surface area contributed by atoms with E-state index in [2.05, 4.69) is 28.1 Å². The number of hydrogen-bond acceptors (Lipinski definition) is 2. The minimum atomic E-state index is -0.488. The van der Waals surface area contributed by atoms with Crippen molar-refractivity contribution >= 4 is 11.6 Å². The topological polar surface area (TPSA) is 89.5 Å². The van der Waals surface area contributed by atoms with Crippen LogP contribution in [0.25, 0.3) is 0 Å². The first-order valence-electron chi connectivity index (χ1n) is 6.29. The summed E-state index contributed by atoms with van der Waals surface area (Å²) in [6.45, 7) is 1.95. The fraction of sp³-hybridized carbons (Fsp3) is 0.462. The van der Waals surface area contributed by atoms with Crippen molar-refractivity contribution in [2.45, 2.75) is 18.9 Å². The van der Waals surface area contributed by atoms with Crippen LogP contribution < -0.4 is 21.4 Å². The Bertz CT molecular complexity index is 429. The molecular formula is C13H21N4O+. The minimum absolute atomic E-state index is 0.146. The van der Waals surface area contributed by atoms with E-state index in [1.807, 2.05) is 6.07 Å². The lowest BCUT2D eigenvalue weighted by Crippen LogP contribution is -2.80. The molecule has 2 rings (SSSR count). The molecule has 0 aliphatic carbocycles. The van der Waals surface area contributed by atoms with Crippen molar-refractivity contribution in [3.8, 4) is 0 Å². The van der Waals surface area contributed by atoms with Gasteiger partial charge in [-0.1, -0.05) is 18.2 Å². The third kappa shape index (κ3) is 3.13. The molecule has 0 aromatic heterocycles. The maximum absolute atomic E-state index is 9.95. The summed E-state index contributed by atoms with van der Waals surface area (Å²) in [5, 5.41) is 9.95. The molecule has 18 heavy (non-hydrogen) atoms. The Hall–Kier alpha value is -1.75. The van der Waals surface area contributed by atoms with Gasteiger partial charge in [0.05, 0.1) is 6.54 Å². The average molecular weight is 249 g/mol. The van der Waals surface area contributed by atoms with Gasteiger partial charge in [-0.2, -0.15) is 0 Å². The molecular weight excluding hydrogens is 228 g/mol. The van der Waals surface area contributed by atoms with E-state index in [0.717, 1.165) is 19.4 Å². The molecule has 0 fully saturated rings. The summed E-state index contributed by atoms with van der Waals surface area (Å²) in [4.78, 5) is 4.97. The highest BCUT2D eigenvalue weighted by molar-refractivity contribution is 5.69. The number of hydrogen-bond donors (Lipinski definition) is 4. The van der Waals surface area contributed by atoms with Gasteiger partial charge in [-0.15, -0.1) is 0 Å². The number of fused-ring (bicyclic) bond motifs is 1. The Balaban J connectivity index is 2.00. The van der Waals surface area contributed by atoms with Gasteiger partial charge >= 0.3 is 5.96 Å². The molecule has 0 saturated carbocycles. The predicted molar refractivity (Wildman–Crippen MR) is 72.2 cm³/mol. The van der Waals surface area contributed by atoms with E-state index in [4.69, 9.17) is 11.5 Å². The number of aryl methyl sites for hydroxylation is 1. The molecule has 0 saturated heterocycles. The summed E-state index contributed by atoms with van der Waals surface area (Å²) >= 11 is 0. The first-order chi connectivity index (χ1) is 8.66. The molecule has 1 aromatic rings. The zero-order valence-electron chi connectivity index (χ0n) is 10.5. The number of para-hydroxylation sites is 1. The summed E-state index contributed by atoms with van der Waals surface area (Å²) in [5.41, 5.74) is 13.2. The fourth-order valence-corrected chi connectivity index (χ4v) is 2.36. The van der Waals surface area contributed by atoms with Gasteiger partial charge in [0.25, 0.3) is 0 Å². The first kappa shape index (κ1) is 12.7. The van der Waals surface area contributed by atoms with Gasteiger partial charge in [0.15, 0.2) is 0 Å². The van der Waals surface area contributed by atoms with E-state index in [-0.39, 0.29) is 5.96 Å². The number of guanidine groups is 1. The van der Waals surface area contributed by atoms with Crippen LogP contribution in [0, 0.1) is 0 Å². The van der Waals surface area contributed by atoms with Gasteiger partial charge in [0.2, 0.25) is 0 Å². The third-order valence-corrected chi connectivity index (χ3v) is 3.18. The van der Waals surface area contributed by atoms with Crippen LogP contribution in [0.3, 0.4) is 0 Å². The predicted octanol–water partition coefficient (Wildman–Crippen LogP) is -1.85. The molecule has 0 spiro atoms. The Morgan fingerprint density at radius 2 is 2.17 bits per heavy atom. The lowest BCUT2D eigenvalue weighted by molar-refractivity contribution is -0.470. The van der Waals surface area contributed by atoms with E-state index in [1.165, 1.54) is 11.3 Å². The molecule has 5 nitrogen and oxygen atoms in total. The highest BCUT2D eigenvalue weighted by atomic mass is 16.3. The number of nitrogens with zero attached hydrogens (tertiary/aromatic N) is 1. The molecule has 0 amide bonds. The summed E-state index contributed by atoms with van der Waals surface area (Å²) in [6, 6.07) is 8.35. The number of benzene rings is 1. The minimum Gasteiger partial charge on any atom is -0.388 e. The van der Waals surface area contributed by atoms with E-state index < -0.39 is 6.10 Å². The normalized spacial score (nSPS) is 15.9. The number of aliphatic hydroxyl groups is 1. The lowest BCUT2D eigenvalue weighted by Gasteiger charge is -2.32. The number of rotatable bonds is 4. The summed E-state index contributed by atoms with van der Waals surface area (Å²) in [7, 11) is 0. The monoisotopic (exact) mass is 249 g/mol. The molecule has 0 unspecified atom stereocenters.